The minimum atomic E-state index is -0.682. The Balaban J connectivity index is 1.99. The molecule has 4 heteroatoms. The molecule has 22 heavy (non-hydrogen) atoms. The molecule has 108 valence electrons. The van der Waals surface area contributed by atoms with Gasteiger partial charge in [-0.25, -0.2) is 0 Å². The van der Waals surface area contributed by atoms with Crippen molar-refractivity contribution in [1.29, 1.82) is 5.26 Å². The molecule has 3 aromatic rings. The number of ether oxygens (including phenoxy) is 1. The van der Waals surface area contributed by atoms with Crippen LogP contribution in [-0.4, -0.2) is 6.23 Å². The molecule has 0 saturated carbocycles. The van der Waals surface area contributed by atoms with Crippen LogP contribution in [0.25, 0.3) is 10.8 Å². The van der Waals surface area contributed by atoms with Gasteiger partial charge in [0.25, 0.3) is 0 Å². The maximum Gasteiger partial charge on any atom is 0.164 e. The lowest BCUT2D eigenvalue weighted by Crippen LogP contribution is -2.42. The van der Waals surface area contributed by atoms with Crippen molar-refractivity contribution in [2.75, 3.05) is 0 Å². The molecule has 4 nitrogen and oxygen atoms in total. The lowest BCUT2D eigenvalue weighted by atomic mass is 9.80. The molecule has 0 saturated heterocycles. The lowest BCUT2D eigenvalue weighted by Gasteiger charge is -2.34. The number of fused-ring (bicyclic) bond motifs is 3. The second kappa shape index (κ2) is 4.90. The number of nitrogens with zero attached hydrogens (tertiary/aromatic N) is 1. The summed E-state index contributed by atoms with van der Waals surface area (Å²) in [6.07, 6.45) is 0.935. The van der Waals surface area contributed by atoms with Gasteiger partial charge < -0.3 is 9.15 Å². The summed E-state index contributed by atoms with van der Waals surface area (Å²) in [6, 6.07) is 18.0. The molecule has 1 aliphatic rings. The van der Waals surface area contributed by atoms with Crippen LogP contribution in [0.2, 0.25) is 0 Å². The van der Waals surface area contributed by atoms with E-state index in [0.717, 1.165) is 27.8 Å². The van der Waals surface area contributed by atoms with Gasteiger partial charge in [0, 0.05) is 10.9 Å². The molecule has 2 aromatic carbocycles. The molecule has 2 N–H and O–H groups in total. The fourth-order valence-electron chi connectivity index (χ4n) is 3.18. The molecule has 0 radical (unpaired) electrons. The van der Waals surface area contributed by atoms with E-state index >= 15 is 0 Å². The standard InChI is InChI=1S/C18H14N2O2/c19-10-14-16(15-6-3-9-21-15)13-8-7-11-4-1-2-5-12(11)17(13)22-18(14)20/h1-9,14,16,18H,20H2. The van der Waals surface area contributed by atoms with Gasteiger partial charge in [0.15, 0.2) is 6.23 Å². The molecule has 2 heterocycles. The molecule has 4 rings (SSSR count). The first-order valence-corrected chi connectivity index (χ1v) is 7.16. The van der Waals surface area contributed by atoms with Crippen molar-refractivity contribution >= 4 is 10.8 Å². The van der Waals surface area contributed by atoms with Crippen molar-refractivity contribution in [2.45, 2.75) is 12.1 Å². The van der Waals surface area contributed by atoms with Crippen molar-refractivity contribution < 1.29 is 9.15 Å². The second-order valence-electron chi connectivity index (χ2n) is 5.44. The Morgan fingerprint density at radius 1 is 1.05 bits per heavy atom. The van der Waals surface area contributed by atoms with E-state index in [9.17, 15) is 5.26 Å². The van der Waals surface area contributed by atoms with Crippen LogP contribution in [0.3, 0.4) is 0 Å². The lowest BCUT2D eigenvalue weighted by molar-refractivity contribution is 0.132. The summed E-state index contributed by atoms with van der Waals surface area (Å²) in [4.78, 5) is 0. The predicted molar refractivity (Wildman–Crippen MR) is 82.2 cm³/mol. The first kappa shape index (κ1) is 12.9. The molecule has 1 aliphatic heterocycles. The highest BCUT2D eigenvalue weighted by atomic mass is 16.5. The van der Waals surface area contributed by atoms with Crippen molar-refractivity contribution in [1.82, 2.24) is 0 Å². The molecule has 0 bridgehead atoms. The zero-order valence-corrected chi connectivity index (χ0v) is 11.8. The smallest absolute Gasteiger partial charge is 0.164 e. The van der Waals surface area contributed by atoms with Crippen LogP contribution in [0.5, 0.6) is 5.75 Å². The summed E-state index contributed by atoms with van der Waals surface area (Å²) in [7, 11) is 0. The monoisotopic (exact) mass is 290 g/mol. The van der Waals surface area contributed by atoms with E-state index in [-0.39, 0.29) is 5.92 Å². The highest BCUT2D eigenvalue weighted by Gasteiger charge is 2.40. The number of benzene rings is 2. The zero-order chi connectivity index (χ0) is 15.1. The average molecular weight is 290 g/mol. The van der Waals surface area contributed by atoms with Gasteiger partial charge in [-0.1, -0.05) is 36.4 Å². The fourth-order valence-corrected chi connectivity index (χ4v) is 3.18. The molecule has 0 amide bonds. The first-order valence-electron chi connectivity index (χ1n) is 7.16. The summed E-state index contributed by atoms with van der Waals surface area (Å²) in [5.74, 6) is 0.781. The number of nitrogens with two attached hydrogens (primary N) is 1. The maximum absolute atomic E-state index is 9.52. The maximum atomic E-state index is 9.52. The Morgan fingerprint density at radius 2 is 1.91 bits per heavy atom. The fraction of sp³-hybridized carbons (Fsp3) is 0.167. The Kier molecular flexibility index (Phi) is 2.88. The van der Waals surface area contributed by atoms with Gasteiger partial charge in [0.2, 0.25) is 0 Å². The molecule has 0 fully saturated rings. The van der Waals surface area contributed by atoms with Crippen LogP contribution < -0.4 is 10.5 Å². The summed E-state index contributed by atoms with van der Waals surface area (Å²) in [5.41, 5.74) is 7.05. The third-order valence-corrected chi connectivity index (χ3v) is 4.21. The van der Waals surface area contributed by atoms with Crippen LogP contribution in [-0.2, 0) is 0 Å². The summed E-state index contributed by atoms with van der Waals surface area (Å²) in [6.45, 7) is 0. The van der Waals surface area contributed by atoms with E-state index in [4.69, 9.17) is 14.9 Å². The van der Waals surface area contributed by atoms with Gasteiger partial charge >= 0.3 is 0 Å². The van der Waals surface area contributed by atoms with Crippen LogP contribution in [0, 0.1) is 17.2 Å². The molecular formula is C18H14N2O2. The van der Waals surface area contributed by atoms with E-state index in [1.165, 1.54) is 0 Å². The second-order valence-corrected chi connectivity index (χ2v) is 5.44. The number of furan rings is 1. The van der Waals surface area contributed by atoms with Gasteiger partial charge in [-0.05, 0) is 17.5 Å². The molecule has 3 unspecified atom stereocenters. The van der Waals surface area contributed by atoms with E-state index < -0.39 is 12.1 Å². The van der Waals surface area contributed by atoms with Gasteiger partial charge in [-0.15, -0.1) is 0 Å². The Bertz CT molecular complexity index is 864. The van der Waals surface area contributed by atoms with Crippen LogP contribution in [0.15, 0.2) is 59.2 Å². The van der Waals surface area contributed by atoms with Gasteiger partial charge in [0.1, 0.15) is 17.4 Å². The van der Waals surface area contributed by atoms with E-state index in [2.05, 4.69) is 6.07 Å². The number of hydrogen-bond acceptors (Lipinski definition) is 4. The Labute approximate surface area is 127 Å². The molecule has 1 aromatic heterocycles. The quantitative estimate of drug-likeness (QED) is 0.745. The van der Waals surface area contributed by atoms with Crippen molar-refractivity contribution in [3.8, 4) is 11.8 Å². The SMILES string of the molecule is N#CC1C(N)Oc2c(ccc3ccccc23)C1c1ccco1. The highest BCUT2D eigenvalue weighted by Crippen LogP contribution is 2.45. The van der Waals surface area contributed by atoms with Crippen molar-refractivity contribution in [3.05, 3.63) is 66.1 Å². The van der Waals surface area contributed by atoms with Crippen LogP contribution in [0.1, 0.15) is 17.2 Å². The molecule has 0 spiro atoms. The number of rotatable bonds is 1. The van der Waals surface area contributed by atoms with E-state index in [1.807, 2.05) is 48.5 Å². The van der Waals surface area contributed by atoms with Crippen LogP contribution in [0.4, 0.5) is 0 Å². The Hall–Kier alpha value is -2.77. The predicted octanol–water partition coefficient (Wildman–Crippen LogP) is 3.38. The van der Waals surface area contributed by atoms with Gasteiger partial charge in [-0.2, -0.15) is 5.26 Å². The minimum Gasteiger partial charge on any atom is -0.473 e. The average Bonchev–Trinajstić information content (AvgIpc) is 3.07. The Morgan fingerprint density at radius 3 is 2.68 bits per heavy atom. The summed E-state index contributed by atoms with van der Waals surface area (Å²) < 4.78 is 11.5. The minimum absolute atomic E-state index is 0.219. The third-order valence-electron chi connectivity index (χ3n) is 4.21. The largest absolute Gasteiger partial charge is 0.473 e. The van der Waals surface area contributed by atoms with E-state index in [1.54, 1.807) is 6.26 Å². The van der Waals surface area contributed by atoms with Crippen molar-refractivity contribution in [2.24, 2.45) is 11.7 Å². The summed E-state index contributed by atoms with van der Waals surface area (Å²) >= 11 is 0. The van der Waals surface area contributed by atoms with Crippen molar-refractivity contribution in [3.63, 3.8) is 0 Å². The summed E-state index contributed by atoms with van der Waals surface area (Å²) in [5, 5.41) is 11.6. The van der Waals surface area contributed by atoms with Gasteiger partial charge in [-0.3, -0.25) is 5.73 Å². The zero-order valence-electron chi connectivity index (χ0n) is 11.8. The van der Waals surface area contributed by atoms with Crippen LogP contribution >= 0.6 is 0 Å². The third kappa shape index (κ3) is 1.80. The molecule has 0 aliphatic carbocycles. The first-order chi connectivity index (χ1) is 10.8. The highest BCUT2D eigenvalue weighted by molar-refractivity contribution is 5.90. The normalized spacial score (nSPS) is 23.5. The molecular weight excluding hydrogens is 276 g/mol. The number of hydrogen-bond donors (Lipinski definition) is 1. The molecule has 3 atom stereocenters. The van der Waals surface area contributed by atoms with Gasteiger partial charge in [0.05, 0.1) is 18.3 Å². The topological polar surface area (TPSA) is 72.2 Å². The van der Waals surface area contributed by atoms with E-state index in [0.29, 0.717) is 0 Å². The number of nitriles is 1.